The van der Waals surface area contributed by atoms with Gasteiger partial charge in [0.05, 0.1) is 23.8 Å². The third-order valence-electron chi connectivity index (χ3n) is 6.65. The van der Waals surface area contributed by atoms with Crippen molar-refractivity contribution in [1.82, 2.24) is 19.0 Å². The summed E-state index contributed by atoms with van der Waals surface area (Å²) < 4.78 is 55.1. The molecule has 1 amide bonds. The first-order chi connectivity index (χ1) is 18.7. The monoisotopic (exact) mass is 559 g/mol. The number of non-ortho nitro benzene ring substituents is 1. The number of amides is 1. The normalized spacial score (nSPS) is 16.4. The zero-order chi connectivity index (χ0) is 27.7. The molecule has 14 heteroatoms. The number of rotatable bonds is 7. The van der Waals surface area contributed by atoms with Gasteiger partial charge in [-0.2, -0.15) is 14.1 Å². The summed E-state index contributed by atoms with van der Waals surface area (Å²) in [6, 6.07) is 8.73. The van der Waals surface area contributed by atoms with Gasteiger partial charge in [0.15, 0.2) is 5.69 Å². The highest BCUT2D eigenvalue weighted by Crippen LogP contribution is 2.37. The molecule has 3 heterocycles. The van der Waals surface area contributed by atoms with Crippen molar-refractivity contribution >= 4 is 21.6 Å². The van der Waals surface area contributed by atoms with Crippen LogP contribution in [0, 0.1) is 22.9 Å². The van der Waals surface area contributed by atoms with Crippen LogP contribution in [-0.2, 0) is 14.8 Å². The van der Waals surface area contributed by atoms with Crippen LogP contribution in [0.3, 0.4) is 0 Å². The minimum Gasteiger partial charge on any atom is -0.437 e. The molecule has 0 spiro atoms. The van der Waals surface area contributed by atoms with Crippen LogP contribution in [0.25, 0.3) is 5.69 Å². The topological polar surface area (TPSA) is 137 Å². The van der Waals surface area contributed by atoms with Gasteiger partial charge in [0.2, 0.25) is 15.9 Å². The molecule has 0 unspecified atom stereocenters. The highest BCUT2D eigenvalue weighted by Gasteiger charge is 2.33. The van der Waals surface area contributed by atoms with Crippen LogP contribution < -0.4 is 4.74 Å². The summed E-state index contributed by atoms with van der Waals surface area (Å²) in [6.45, 7) is 3.24. The Kier molecular flexibility index (Phi) is 7.34. The van der Waals surface area contributed by atoms with E-state index in [1.807, 2.05) is 0 Å². The third kappa shape index (κ3) is 5.22. The molecule has 39 heavy (non-hydrogen) atoms. The number of benzene rings is 2. The van der Waals surface area contributed by atoms with E-state index in [4.69, 9.17) is 9.47 Å². The summed E-state index contributed by atoms with van der Waals surface area (Å²) in [7, 11) is -4.23. The van der Waals surface area contributed by atoms with E-state index < -0.39 is 31.3 Å². The third-order valence-corrected chi connectivity index (χ3v) is 8.57. The number of carbonyl (C=O) groups is 1. The maximum Gasteiger partial charge on any atom is 0.274 e. The van der Waals surface area contributed by atoms with E-state index in [1.165, 1.54) is 33.3 Å². The lowest BCUT2D eigenvalue weighted by Crippen LogP contribution is -2.40. The molecule has 0 saturated carbocycles. The minimum absolute atomic E-state index is 0.0181. The van der Waals surface area contributed by atoms with Crippen molar-refractivity contribution in [3.05, 3.63) is 69.7 Å². The van der Waals surface area contributed by atoms with Crippen LogP contribution in [0.2, 0.25) is 0 Å². The van der Waals surface area contributed by atoms with Crippen molar-refractivity contribution in [3.63, 3.8) is 0 Å². The SMILES string of the molecule is Cc1c(C(=O)N2CCCC2)nn(-c2cccc(F)c2)c1Oc1ccc([N+](=O)[O-])cc1S(=O)(=O)N1CCOCC1. The maximum absolute atomic E-state index is 14.2. The summed E-state index contributed by atoms with van der Waals surface area (Å²) in [5.41, 5.74) is 0.197. The number of halogens is 1. The average Bonchev–Trinajstić information content (AvgIpc) is 3.58. The Morgan fingerprint density at radius 3 is 2.49 bits per heavy atom. The second kappa shape index (κ2) is 10.7. The average molecular weight is 560 g/mol. The van der Waals surface area contributed by atoms with Gasteiger partial charge in [0.25, 0.3) is 11.6 Å². The highest BCUT2D eigenvalue weighted by molar-refractivity contribution is 7.89. The molecule has 2 saturated heterocycles. The zero-order valence-electron chi connectivity index (χ0n) is 21.1. The molecule has 0 aliphatic carbocycles. The van der Waals surface area contributed by atoms with E-state index in [0.29, 0.717) is 18.7 Å². The fourth-order valence-corrected chi connectivity index (χ4v) is 6.12. The van der Waals surface area contributed by atoms with Gasteiger partial charge in [-0.1, -0.05) is 6.07 Å². The smallest absolute Gasteiger partial charge is 0.274 e. The van der Waals surface area contributed by atoms with Gasteiger partial charge in [-0.15, -0.1) is 0 Å². The number of nitro groups is 1. The fraction of sp³-hybridized carbons (Fsp3) is 0.360. The number of nitrogens with zero attached hydrogens (tertiary/aromatic N) is 5. The van der Waals surface area contributed by atoms with Crippen molar-refractivity contribution in [2.45, 2.75) is 24.7 Å². The molecule has 0 N–H and O–H groups in total. The number of hydrogen-bond acceptors (Lipinski definition) is 8. The van der Waals surface area contributed by atoms with Gasteiger partial charge >= 0.3 is 0 Å². The summed E-state index contributed by atoms with van der Waals surface area (Å²) in [6.07, 6.45) is 1.73. The summed E-state index contributed by atoms with van der Waals surface area (Å²) in [5, 5.41) is 15.9. The number of sulfonamides is 1. The van der Waals surface area contributed by atoms with E-state index in [2.05, 4.69) is 5.10 Å². The molecule has 0 bridgehead atoms. The van der Waals surface area contributed by atoms with Gasteiger partial charge in [-0.05, 0) is 44.0 Å². The van der Waals surface area contributed by atoms with Crippen LogP contribution >= 0.6 is 0 Å². The second-order valence-electron chi connectivity index (χ2n) is 9.18. The lowest BCUT2D eigenvalue weighted by Gasteiger charge is -2.26. The number of likely N-dealkylation sites (tertiary alicyclic amines) is 1. The van der Waals surface area contributed by atoms with Crippen molar-refractivity contribution in [2.24, 2.45) is 0 Å². The molecule has 12 nitrogen and oxygen atoms in total. The molecule has 0 radical (unpaired) electrons. The van der Waals surface area contributed by atoms with Crippen molar-refractivity contribution < 1.29 is 32.0 Å². The maximum atomic E-state index is 14.2. The van der Waals surface area contributed by atoms with E-state index in [1.54, 1.807) is 17.9 Å². The zero-order valence-corrected chi connectivity index (χ0v) is 21.9. The van der Waals surface area contributed by atoms with E-state index >= 15 is 0 Å². The molecular weight excluding hydrogens is 533 g/mol. The molecule has 1 aromatic heterocycles. The molecule has 5 rings (SSSR count). The molecule has 2 aliphatic rings. The van der Waals surface area contributed by atoms with Crippen LogP contribution in [0.1, 0.15) is 28.9 Å². The van der Waals surface area contributed by atoms with Gasteiger partial charge in [-0.25, -0.2) is 12.8 Å². The Bertz CT molecular complexity index is 1530. The predicted octanol–water partition coefficient (Wildman–Crippen LogP) is 3.28. The minimum atomic E-state index is -4.23. The number of ether oxygens (including phenoxy) is 2. The lowest BCUT2D eigenvalue weighted by atomic mass is 10.2. The number of nitro benzene ring substituents is 1. The van der Waals surface area contributed by atoms with Crippen LogP contribution in [0.5, 0.6) is 11.6 Å². The van der Waals surface area contributed by atoms with Gasteiger partial charge in [-0.3, -0.25) is 14.9 Å². The first-order valence-corrected chi connectivity index (χ1v) is 13.8. The molecule has 206 valence electrons. The molecule has 2 aliphatic heterocycles. The highest BCUT2D eigenvalue weighted by atomic mass is 32.2. The van der Waals surface area contributed by atoms with Crippen molar-refractivity contribution in [3.8, 4) is 17.3 Å². The molecule has 3 aromatic rings. The van der Waals surface area contributed by atoms with E-state index in [0.717, 1.165) is 25.0 Å². The van der Waals surface area contributed by atoms with E-state index in [-0.39, 0.29) is 55.2 Å². The van der Waals surface area contributed by atoms with Crippen molar-refractivity contribution in [1.29, 1.82) is 0 Å². The lowest BCUT2D eigenvalue weighted by molar-refractivity contribution is -0.385. The van der Waals surface area contributed by atoms with Crippen LogP contribution in [0.15, 0.2) is 47.4 Å². The molecule has 2 fully saturated rings. The number of aromatic nitrogens is 2. The number of carbonyl (C=O) groups excluding carboxylic acids is 1. The first kappa shape index (κ1) is 26.7. The van der Waals surface area contributed by atoms with Crippen molar-refractivity contribution in [2.75, 3.05) is 39.4 Å². The second-order valence-corrected chi connectivity index (χ2v) is 11.1. The Hall–Kier alpha value is -3.88. The Morgan fingerprint density at radius 2 is 1.82 bits per heavy atom. The fourth-order valence-electron chi connectivity index (χ4n) is 4.58. The Balaban J connectivity index is 1.64. The molecular formula is C25H26FN5O7S. The quantitative estimate of drug-likeness (QED) is 0.318. The van der Waals surface area contributed by atoms with Gasteiger partial charge in [0.1, 0.15) is 16.5 Å². The van der Waals surface area contributed by atoms with E-state index in [9.17, 15) is 27.7 Å². The summed E-state index contributed by atoms with van der Waals surface area (Å²) in [4.78, 5) is 25.3. The largest absolute Gasteiger partial charge is 0.437 e. The Labute approximate surface area is 223 Å². The van der Waals surface area contributed by atoms with Crippen LogP contribution in [0.4, 0.5) is 10.1 Å². The summed E-state index contributed by atoms with van der Waals surface area (Å²) in [5.74, 6) is -1.09. The number of hydrogen-bond donors (Lipinski definition) is 0. The van der Waals surface area contributed by atoms with Crippen LogP contribution in [-0.4, -0.2) is 77.6 Å². The van der Waals surface area contributed by atoms with Gasteiger partial charge in [0, 0.05) is 43.9 Å². The summed E-state index contributed by atoms with van der Waals surface area (Å²) >= 11 is 0. The Morgan fingerprint density at radius 1 is 1.10 bits per heavy atom. The molecule has 0 atom stereocenters. The first-order valence-electron chi connectivity index (χ1n) is 12.4. The van der Waals surface area contributed by atoms with Gasteiger partial charge < -0.3 is 14.4 Å². The molecule has 2 aromatic carbocycles. The predicted molar refractivity (Wildman–Crippen MR) is 136 cm³/mol. The standard InChI is InChI=1S/C25H26FN5O7S/c1-17-23(24(32)28-9-2-3-10-28)27-30(19-6-4-5-18(26)15-19)25(17)38-21-8-7-20(31(33)34)16-22(21)39(35,36)29-11-13-37-14-12-29/h4-8,15-16H,2-3,9-14H2,1H3. The number of morpholine rings is 1.